The molecule has 0 saturated heterocycles. The molecule has 0 aliphatic carbocycles. The lowest BCUT2D eigenvalue weighted by atomic mass is 10.2. The number of methoxy groups -OCH3 is 1. The molecule has 0 saturated carbocycles. The van der Waals surface area contributed by atoms with E-state index in [0.717, 1.165) is 5.56 Å². The predicted molar refractivity (Wildman–Crippen MR) is 102 cm³/mol. The quantitative estimate of drug-likeness (QED) is 0.671. The molecule has 0 radical (unpaired) electrons. The lowest BCUT2D eigenvalue weighted by Gasteiger charge is -2.12. The molecule has 0 fully saturated rings. The number of rotatable bonds is 5. The summed E-state index contributed by atoms with van der Waals surface area (Å²) in [4.78, 5) is 20.6. The van der Waals surface area contributed by atoms with E-state index in [1.807, 2.05) is 6.92 Å². The third kappa shape index (κ3) is 4.32. The van der Waals surface area contributed by atoms with Gasteiger partial charge in [0, 0.05) is 17.3 Å². The van der Waals surface area contributed by atoms with Crippen LogP contribution in [-0.2, 0) is 0 Å². The van der Waals surface area contributed by atoms with Gasteiger partial charge < -0.3 is 15.4 Å². The fraction of sp³-hybridized carbons (Fsp3) is 0.105. The normalized spacial score (nSPS) is 10.4. The van der Waals surface area contributed by atoms with Crippen molar-refractivity contribution in [1.82, 2.24) is 9.97 Å². The van der Waals surface area contributed by atoms with Crippen molar-refractivity contribution in [3.8, 4) is 5.75 Å². The molecule has 0 bridgehead atoms. The Balaban J connectivity index is 1.83. The van der Waals surface area contributed by atoms with Gasteiger partial charge in [-0.15, -0.1) is 0 Å². The Kier molecular flexibility index (Phi) is 5.52. The van der Waals surface area contributed by atoms with Crippen LogP contribution in [0.25, 0.3) is 0 Å². The Bertz CT molecular complexity index is 997. The van der Waals surface area contributed by atoms with Gasteiger partial charge in [0.1, 0.15) is 17.3 Å². The molecule has 3 rings (SSSR count). The summed E-state index contributed by atoms with van der Waals surface area (Å²) in [5, 5.41) is 6.05. The molecule has 0 spiro atoms. The topological polar surface area (TPSA) is 76.1 Å². The monoisotopic (exact) mass is 386 g/mol. The first-order valence-electron chi connectivity index (χ1n) is 7.98. The summed E-state index contributed by atoms with van der Waals surface area (Å²) < 4.78 is 19.0. The molecule has 6 nitrogen and oxygen atoms in total. The van der Waals surface area contributed by atoms with E-state index in [1.54, 1.807) is 24.3 Å². The van der Waals surface area contributed by atoms with Crippen molar-refractivity contribution in [2.75, 3.05) is 17.7 Å². The van der Waals surface area contributed by atoms with Crippen LogP contribution in [0.15, 0.2) is 48.7 Å². The van der Waals surface area contributed by atoms with Gasteiger partial charge in [-0.25, -0.2) is 14.4 Å². The minimum Gasteiger partial charge on any atom is -0.495 e. The molecule has 1 amide bonds. The second kappa shape index (κ2) is 8.01. The number of hydrogen-bond donors (Lipinski definition) is 2. The van der Waals surface area contributed by atoms with Crippen molar-refractivity contribution in [3.05, 3.63) is 70.8 Å². The summed E-state index contributed by atoms with van der Waals surface area (Å²) >= 11 is 6.10. The highest BCUT2D eigenvalue weighted by molar-refractivity contribution is 6.31. The third-order valence-corrected chi connectivity index (χ3v) is 4.14. The second-order valence-corrected chi connectivity index (χ2v) is 6.03. The summed E-state index contributed by atoms with van der Waals surface area (Å²) in [6.07, 6.45) is 1.43. The van der Waals surface area contributed by atoms with Gasteiger partial charge in [0.15, 0.2) is 0 Å². The molecule has 0 aliphatic rings. The Morgan fingerprint density at radius 2 is 1.96 bits per heavy atom. The van der Waals surface area contributed by atoms with Crippen molar-refractivity contribution in [1.29, 1.82) is 0 Å². The Morgan fingerprint density at radius 1 is 1.19 bits per heavy atom. The van der Waals surface area contributed by atoms with Crippen LogP contribution in [0.2, 0.25) is 5.02 Å². The number of anilines is 3. The number of nitrogens with one attached hydrogen (secondary N) is 2. The maximum Gasteiger partial charge on any atom is 0.274 e. The van der Waals surface area contributed by atoms with Crippen LogP contribution in [0.4, 0.5) is 21.7 Å². The zero-order valence-corrected chi connectivity index (χ0v) is 15.3. The summed E-state index contributed by atoms with van der Waals surface area (Å²) in [6, 6.07) is 10.8. The molecule has 0 aliphatic heterocycles. The first-order valence-corrected chi connectivity index (χ1v) is 8.36. The van der Waals surface area contributed by atoms with E-state index < -0.39 is 11.7 Å². The fourth-order valence-electron chi connectivity index (χ4n) is 2.34. The van der Waals surface area contributed by atoms with Crippen molar-refractivity contribution in [3.63, 3.8) is 0 Å². The zero-order chi connectivity index (χ0) is 19.4. The highest BCUT2D eigenvalue weighted by atomic mass is 35.5. The number of nitrogens with zero attached hydrogens (tertiary/aromatic N) is 2. The molecule has 2 N–H and O–H groups in total. The van der Waals surface area contributed by atoms with Crippen molar-refractivity contribution in [2.24, 2.45) is 0 Å². The van der Waals surface area contributed by atoms with Gasteiger partial charge in [0.05, 0.1) is 18.5 Å². The maximum absolute atomic E-state index is 13.7. The van der Waals surface area contributed by atoms with Gasteiger partial charge in [-0.2, -0.15) is 0 Å². The van der Waals surface area contributed by atoms with Crippen LogP contribution < -0.4 is 15.4 Å². The van der Waals surface area contributed by atoms with E-state index in [0.29, 0.717) is 16.5 Å². The van der Waals surface area contributed by atoms with Crippen molar-refractivity contribution >= 4 is 34.8 Å². The number of carbonyl (C=O) groups excluding carboxylic acids is 1. The van der Waals surface area contributed by atoms with Gasteiger partial charge in [0.25, 0.3) is 5.91 Å². The van der Waals surface area contributed by atoms with Gasteiger partial charge in [-0.3, -0.25) is 4.79 Å². The second-order valence-electron chi connectivity index (χ2n) is 5.63. The lowest BCUT2D eigenvalue weighted by Crippen LogP contribution is -2.15. The van der Waals surface area contributed by atoms with Crippen LogP contribution in [0.1, 0.15) is 16.1 Å². The van der Waals surface area contributed by atoms with Gasteiger partial charge in [-0.05, 0) is 36.8 Å². The number of carbonyl (C=O) groups is 1. The molecule has 2 aromatic carbocycles. The molecule has 8 heteroatoms. The van der Waals surface area contributed by atoms with Crippen LogP contribution in [0.3, 0.4) is 0 Å². The average Bonchev–Trinajstić information content (AvgIpc) is 2.66. The van der Waals surface area contributed by atoms with Crippen molar-refractivity contribution < 1.29 is 13.9 Å². The van der Waals surface area contributed by atoms with Crippen LogP contribution in [-0.4, -0.2) is 23.0 Å². The largest absolute Gasteiger partial charge is 0.495 e. The van der Waals surface area contributed by atoms with E-state index in [1.165, 1.54) is 31.5 Å². The van der Waals surface area contributed by atoms with Crippen LogP contribution >= 0.6 is 11.6 Å². The Morgan fingerprint density at radius 3 is 2.70 bits per heavy atom. The van der Waals surface area contributed by atoms with Gasteiger partial charge in [-0.1, -0.05) is 23.7 Å². The molecule has 27 heavy (non-hydrogen) atoms. The predicted octanol–water partition coefficient (Wildman–Crippen LogP) is 4.58. The lowest BCUT2D eigenvalue weighted by molar-refractivity contribution is 0.102. The van der Waals surface area contributed by atoms with E-state index in [4.69, 9.17) is 16.3 Å². The molecular formula is C19H16ClFN4O2. The standard InChI is InChI=1S/C19H16ClFN4O2/c1-11-9-16(17(27-2)10-12(11)20)25-19-22-8-7-15(24-19)18(26)23-14-6-4-3-5-13(14)21/h3-10H,1-2H3,(H,23,26)(H,22,24,25). The average molecular weight is 387 g/mol. The van der Waals surface area contributed by atoms with Crippen molar-refractivity contribution in [2.45, 2.75) is 6.92 Å². The summed E-state index contributed by atoms with van der Waals surface area (Å²) in [7, 11) is 1.52. The molecule has 1 heterocycles. The van der Waals surface area contributed by atoms with E-state index >= 15 is 0 Å². The minimum atomic E-state index is -0.551. The molecule has 3 aromatic rings. The molecular weight excluding hydrogens is 371 g/mol. The summed E-state index contributed by atoms with van der Waals surface area (Å²) in [6.45, 7) is 1.85. The van der Waals surface area contributed by atoms with E-state index in [-0.39, 0.29) is 17.3 Å². The highest BCUT2D eigenvalue weighted by Crippen LogP contribution is 2.32. The number of aryl methyl sites for hydroxylation is 1. The van der Waals surface area contributed by atoms with Crippen LogP contribution in [0, 0.1) is 12.7 Å². The summed E-state index contributed by atoms with van der Waals surface area (Å²) in [5.41, 5.74) is 1.60. The van der Waals surface area contributed by atoms with E-state index in [2.05, 4.69) is 20.6 Å². The molecule has 0 atom stereocenters. The number of para-hydroxylation sites is 1. The van der Waals surface area contributed by atoms with E-state index in [9.17, 15) is 9.18 Å². The molecule has 1 aromatic heterocycles. The third-order valence-electron chi connectivity index (χ3n) is 3.74. The number of halogens is 2. The zero-order valence-electron chi connectivity index (χ0n) is 14.6. The van der Waals surface area contributed by atoms with Crippen LogP contribution in [0.5, 0.6) is 5.75 Å². The SMILES string of the molecule is COc1cc(Cl)c(C)cc1Nc1nccc(C(=O)Nc2ccccc2F)n1. The smallest absolute Gasteiger partial charge is 0.274 e. The number of aromatic nitrogens is 2. The number of amides is 1. The first-order chi connectivity index (χ1) is 13.0. The number of ether oxygens (including phenoxy) is 1. The maximum atomic E-state index is 13.7. The number of benzene rings is 2. The molecule has 138 valence electrons. The Labute approximate surface area is 160 Å². The minimum absolute atomic E-state index is 0.0746. The number of hydrogen-bond acceptors (Lipinski definition) is 5. The Hall–Kier alpha value is -3.19. The highest BCUT2D eigenvalue weighted by Gasteiger charge is 2.13. The van der Waals surface area contributed by atoms with Gasteiger partial charge >= 0.3 is 0 Å². The molecule has 0 unspecified atom stereocenters. The summed E-state index contributed by atoms with van der Waals surface area (Å²) in [5.74, 6) is -0.379. The van der Waals surface area contributed by atoms with Gasteiger partial charge in [0.2, 0.25) is 5.95 Å². The first kappa shape index (κ1) is 18.6. The fourth-order valence-corrected chi connectivity index (χ4v) is 2.50.